The summed E-state index contributed by atoms with van der Waals surface area (Å²) in [5, 5.41) is 0. The molecule has 0 unspecified atom stereocenters. The summed E-state index contributed by atoms with van der Waals surface area (Å²) in [5.41, 5.74) is 1.68. The first-order chi connectivity index (χ1) is 6.90. The SMILES string of the molecule is COc1n[c]cc(-c2cccnc2)n1. The number of hydrogen-bond donors (Lipinski definition) is 0. The third-order valence-corrected chi connectivity index (χ3v) is 1.72. The molecule has 0 atom stereocenters. The Morgan fingerprint density at radius 3 is 3.07 bits per heavy atom. The van der Waals surface area contributed by atoms with Crippen LogP contribution < -0.4 is 4.74 Å². The summed E-state index contributed by atoms with van der Waals surface area (Å²) >= 11 is 0. The fourth-order valence-electron chi connectivity index (χ4n) is 1.06. The van der Waals surface area contributed by atoms with Crippen LogP contribution in [0, 0.1) is 6.20 Å². The van der Waals surface area contributed by atoms with Gasteiger partial charge in [0.05, 0.1) is 19.0 Å². The molecule has 4 nitrogen and oxygen atoms in total. The van der Waals surface area contributed by atoms with Crippen molar-refractivity contribution in [3.63, 3.8) is 0 Å². The van der Waals surface area contributed by atoms with Gasteiger partial charge in [0, 0.05) is 18.0 Å². The Labute approximate surface area is 81.6 Å². The van der Waals surface area contributed by atoms with Crippen molar-refractivity contribution < 1.29 is 4.74 Å². The largest absolute Gasteiger partial charge is 0.467 e. The predicted octanol–water partition coefficient (Wildman–Crippen LogP) is 1.35. The molecule has 0 saturated heterocycles. The van der Waals surface area contributed by atoms with Crippen molar-refractivity contribution in [2.24, 2.45) is 0 Å². The molecule has 69 valence electrons. The van der Waals surface area contributed by atoms with E-state index in [0.29, 0.717) is 6.01 Å². The van der Waals surface area contributed by atoms with E-state index in [9.17, 15) is 0 Å². The van der Waals surface area contributed by atoms with E-state index in [-0.39, 0.29) is 0 Å². The van der Waals surface area contributed by atoms with Crippen LogP contribution in [0.3, 0.4) is 0 Å². The van der Waals surface area contributed by atoms with Crippen LogP contribution in [0.15, 0.2) is 30.6 Å². The van der Waals surface area contributed by atoms with E-state index in [2.05, 4.69) is 21.1 Å². The minimum absolute atomic E-state index is 0.311. The Morgan fingerprint density at radius 1 is 1.43 bits per heavy atom. The Hall–Kier alpha value is -1.97. The number of hydrogen-bond acceptors (Lipinski definition) is 4. The lowest BCUT2D eigenvalue weighted by molar-refractivity contribution is 0.380. The summed E-state index contributed by atoms with van der Waals surface area (Å²) in [4.78, 5) is 12.0. The van der Waals surface area contributed by atoms with Gasteiger partial charge in [0.15, 0.2) is 0 Å². The van der Waals surface area contributed by atoms with Crippen LogP contribution in [0.5, 0.6) is 6.01 Å². The van der Waals surface area contributed by atoms with Gasteiger partial charge in [-0.25, -0.2) is 0 Å². The molecule has 0 aliphatic rings. The molecule has 0 aliphatic carbocycles. The van der Waals surface area contributed by atoms with Gasteiger partial charge in [-0.2, -0.15) is 9.97 Å². The molecule has 0 N–H and O–H groups in total. The normalized spacial score (nSPS) is 9.79. The van der Waals surface area contributed by atoms with Gasteiger partial charge in [-0.15, -0.1) is 0 Å². The fourth-order valence-corrected chi connectivity index (χ4v) is 1.06. The van der Waals surface area contributed by atoms with Gasteiger partial charge in [-0.05, 0) is 18.2 Å². The van der Waals surface area contributed by atoms with Gasteiger partial charge in [-0.1, -0.05) is 0 Å². The Morgan fingerprint density at radius 2 is 2.36 bits per heavy atom. The molecular formula is C10H8N3O. The fraction of sp³-hybridized carbons (Fsp3) is 0.100. The van der Waals surface area contributed by atoms with E-state index >= 15 is 0 Å². The smallest absolute Gasteiger partial charge is 0.317 e. The molecule has 0 saturated carbocycles. The van der Waals surface area contributed by atoms with E-state index in [1.54, 1.807) is 18.5 Å². The summed E-state index contributed by atoms with van der Waals surface area (Å²) in [6.07, 6.45) is 6.16. The zero-order valence-electron chi connectivity index (χ0n) is 7.64. The second-order valence-corrected chi connectivity index (χ2v) is 2.61. The van der Waals surface area contributed by atoms with Gasteiger partial charge in [0.2, 0.25) is 0 Å². The molecule has 0 aromatic carbocycles. The molecule has 0 spiro atoms. The lowest BCUT2D eigenvalue weighted by atomic mass is 10.2. The van der Waals surface area contributed by atoms with Crippen LogP contribution in [0.1, 0.15) is 0 Å². The first-order valence-corrected chi connectivity index (χ1v) is 4.09. The van der Waals surface area contributed by atoms with Crippen molar-refractivity contribution >= 4 is 0 Å². The lowest BCUT2D eigenvalue weighted by Crippen LogP contribution is -1.93. The van der Waals surface area contributed by atoms with Crippen molar-refractivity contribution in [1.29, 1.82) is 0 Å². The van der Waals surface area contributed by atoms with Crippen LogP contribution in [0.25, 0.3) is 11.3 Å². The van der Waals surface area contributed by atoms with Crippen molar-refractivity contribution in [3.8, 4) is 17.3 Å². The Kier molecular flexibility index (Phi) is 2.36. The molecule has 2 aromatic rings. The molecule has 4 heteroatoms. The Balaban J connectivity index is 2.42. The second-order valence-electron chi connectivity index (χ2n) is 2.61. The number of pyridine rings is 1. The molecule has 2 rings (SSSR count). The lowest BCUT2D eigenvalue weighted by Gasteiger charge is -2.00. The van der Waals surface area contributed by atoms with Crippen LogP contribution in [0.2, 0.25) is 0 Å². The molecular weight excluding hydrogens is 178 g/mol. The molecule has 0 fully saturated rings. The highest BCUT2D eigenvalue weighted by molar-refractivity contribution is 5.56. The molecule has 14 heavy (non-hydrogen) atoms. The third-order valence-electron chi connectivity index (χ3n) is 1.72. The molecule has 1 radical (unpaired) electrons. The Bertz CT molecular complexity index is 417. The summed E-state index contributed by atoms with van der Waals surface area (Å²) < 4.78 is 4.90. The minimum Gasteiger partial charge on any atom is -0.467 e. The van der Waals surface area contributed by atoms with Crippen molar-refractivity contribution in [2.75, 3.05) is 7.11 Å². The van der Waals surface area contributed by atoms with Gasteiger partial charge >= 0.3 is 6.01 Å². The van der Waals surface area contributed by atoms with E-state index in [0.717, 1.165) is 11.3 Å². The van der Waals surface area contributed by atoms with Crippen LogP contribution >= 0.6 is 0 Å². The topological polar surface area (TPSA) is 47.9 Å². The van der Waals surface area contributed by atoms with Crippen LogP contribution in [-0.2, 0) is 0 Å². The highest BCUT2D eigenvalue weighted by atomic mass is 16.5. The zero-order valence-corrected chi connectivity index (χ0v) is 7.64. The molecule has 0 aliphatic heterocycles. The highest BCUT2D eigenvalue weighted by Gasteiger charge is 2.01. The zero-order chi connectivity index (χ0) is 9.80. The summed E-state index contributed by atoms with van der Waals surface area (Å²) in [7, 11) is 1.52. The van der Waals surface area contributed by atoms with E-state index in [1.807, 2.05) is 12.1 Å². The first-order valence-electron chi connectivity index (χ1n) is 4.09. The first kappa shape index (κ1) is 8.62. The third kappa shape index (κ3) is 1.69. The average molecular weight is 186 g/mol. The summed E-state index contributed by atoms with van der Waals surface area (Å²) in [5.74, 6) is 0. The van der Waals surface area contributed by atoms with Crippen molar-refractivity contribution in [3.05, 3.63) is 36.8 Å². The summed E-state index contributed by atoms with van der Waals surface area (Å²) in [6, 6.07) is 5.78. The van der Waals surface area contributed by atoms with Gasteiger partial charge in [0.25, 0.3) is 0 Å². The van der Waals surface area contributed by atoms with Crippen LogP contribution in [0.4, 0.5) is 0 Å². The monoisotopic (exact) mass is 186 g/mol. The number of nitrogens with zero attached hydrogens (tertiary/aromatic N) is 3. The maximum absolute atomic E-state index is 4.90. The van der Waals surface area contributed by atoms with Gasteiger partial charge in [-0.3, -0.25) is 4.98 Å². The van der Waals surface area contributed by atoms with Crippen molar-refractivity contribution in [1.82, 2.24) is 15.0 Å². The standard InChI is InChI=1S/C10H8N3O/c1-14-10-12-6-4-9(13-10)8-3-2-5-11-7-8/h2-5,7H,1H3. The molecule has 2 heterocycles. The average Bonchev–Trinajstić information content (AvgIpc) is 2.30. The molecule has 2 aromatic heterocycles. The minimum atomic E-state index is 0.311. The number of methoxy groups -OCH3 is 1. The molecule has 0 amide bonds. The maximum atomic E-state index is 4.90. The molecule has 0 bridgehead atoms. The quantitative estimate of drug-likeness (QED) is 0.710. The maximum Gasteiger partial charge on any atom is 0.317 e. The highest BCUT2D eigenvalue weighted by Crippen LogP contribution is 2.15. The van der Waals surface area contributed by atoms with E-state index in [4.69, 9.17) is 4.74 Å². The van der Waals surface area contributed by atoms with E-state index in [1.165, 1.54) is 7.11 Å². The second kappa shape index (κ2) is 3.83. The van der Waals surface area contributed by atoms with Gasteiger partial charge in [0.1, 0.15) is 0 Å². The summed E-state index contributed by atoms with van der Waals surface area (Å²) in [6.45, 7) is 0. The number of aromatic nitrogens is 3. The van der Waals surface area contributed by atoms with Crippen molar-refractivity contribution in [2.45, 2.75) is 0 Å². The van der Waals surface area contributed by atoms with Gasteiger partial charge < -0.3 is 4.74 Å². The van der Waals surface area contributed by atoms with E-state index < -0.39 is 0 Å². The van der Waals surface area contributed by atoms with Crippen LogP contribution in [-0.4, -0.2) is 22.1 Å². The number of rotatable bonds is 2. The number of ether oxygens (including phenoxy) is 1. The predicted molar refractivity (Wildman–Crippen MR) is 50.7 cm³/mol.